The molecule has 0 aliphatic carbocycles. The third-order valence-electron chi connectivity index (χ3n) is 2.38. The van der Waals surface area contributed by atoms with Crippen molar-refractivity contribution in [3.8, 4) is 5.75 Å². The van der Waals surface area contributed by atoms with Crippen LogP contribution in [0.1, 0.15) is 18.9 Å². The number of hydrogen-bond acceptors (Lipinski definition) is 4. The molecule has 0 aliphatic rings. The van der Waals surface area contributed by atoms with Crippen LogP contribution in [-0.2, 0) is 9.53 Å². The molecule has 0 fully saturated rings. The highest BCUT2D eigenvalue weighted by Gasteiger charge is 2.13. The zero-order valence-corrected chi connectivity index (χ0v) is 10.3. The van der Waals surface area contributed by atoms with Crippen molar-refractivity contribution in [1.29, 1.82) is 0 Å². The predicted molar refractivity (Wildman–Crippen MR) is 66.7 cm³/mol. The minimum atomic E-state index is -0.429. The second-order valence-corrected chi connectivity index (χ2v) is 3.50. The average Bonchev–Trinajstić information content (AvgIpc) is 2.39. The average molecular weight is 235 g/mol. The third-order valence-corrected chi connectivity index (χ3v) is 2.38. The van der Waals surface area contributed by atoms with Crippen LogP contribution in [0.15, 0.2) is 29.3 Å². The first kappa shape index (κ1) is 13.2. The molecule has 0 saturated carbocycles. The first-order chi connectivity index (χ1) is 8.21. The molecule has 1 rings (SSSR count). The summed E-state index contributed by atoms with van der Waals surface area (Å²) in [7, 11) is 2.99. The van der Waals surface area contributed by atoms with Crippen LogP contribution in [0.4, 0.5) is 0 Å². The Morgan fingerprint density at radius 3 is 2.47 bits per heavy atom. The minimum Gasteiger partial charge on any atom is -0.497 e. The molecule has 17 heavy (non-hydrogen) atoms. The highest BCUT2D eigenvalue weighted by molar-refractivity contribution is 5.84. The van der Waals surface area contributed by atoms with Crippen LogP contribution < -0.4 is 4.74 Å². The molecule has 1 aromatic rings. The van der Waals surface area contributed by atoms with Gasteiger partial charge in [-0.2, -0.15) is 0 Å². The lowest BCUT2D eigenvalue weighted by Crippen LogP contribution is -2.19. The molecule has 1 atom stereocenters. The monoisotopic (exact) mass is 235 g/mol. The van der Waals surface area contributed by atoms with Gasteiger partial charge in [0.15, 0.2) is 0 Å². The van der Waals surface area contributed by atoms with Crippen LogP contribution >= 0.6 is 0 Å². The molecule has 0 radical (unpaired) electrons. The van der Waals surface area contributed by atoms with Crippen LogP contribution in [0.25, 0.3) is 0 Å². The maximum Gasteiger partial charge on any atom is 0.330 e. The van der Waals surface area contributed by atoms with Crippen molar-refractivity contribution in [2.75, 3.05) is 14.2 Å². The van der Waals surface area contributed by atoms with Crippen LogP contribution in [-0.4, -0.2) is 32.4 Å². The van der Waals surface area contributed by atoms with E-state index in [9.17, 15) is 4.79 Å². The van der Waals surface area contributed by atoms with Crippen LogP contribution in [0, 0.1) is 0 Å². The number of benzene rings is 1. The van der Waals surface area contributed by atoms with Gasteiger partial charge in [-0.05, 0) is 36.2 Å². The van der Waals surface area contributed by atoms with Crippen molar-refractivity contribution in [3.63, 3.8) is 0 Å². The first-order valence-corrected chi connectivity index (χ1v) is 5.46. The molecule has 0 aromatic heterocycles. The Morgan fingerprint density at radius 1 is 1.35 bits per heavy atom. The third kappa shape index (κ3) is 3.90. The lowest BCUT2D eigenvalue weighted by molar-refractivity contribution is -0.142. The van der Waals surface area contributed by atoms with Crippen molar-refractivity contribution < 1.29 is 14.3 Å². The van der Waals surface area contributed by atoms with Gasteiger partial charge < -0.3 is 9.47 Å². The quantitative estimate of drug-likeness (QED) is 0.579. The van der Waals surface area contributed by atoms with Gasteiger partial charge in [-0.3, -0.25) is 4.99 Å². The number of ether oxygens (including phenoxy) is 2. The summed E-state index contributed by atoms with van der Waals surface area (Å²) in [6.45, 7) is 1.90. The van der Waals surface area contributed by atoms with E-state index in [-0.39, 0.29) is 5.97 Å². The van der Waals surface area contributed by atoms with Gasteiger partial charge in [0.1, 0.15) is 11.8 Å². The Labute approximate surface area is 101 Å². The molecule has 1 unspecified atom stereocenters. The lowest BCUT2D eigenvalue weighted by atomic mass is 10.2. The Kier molecular flexibility index (Phi) is 5.20. The van der Waals surface area contributed by atoms with E-state index in [4.69, 9.17) is 4.74 Å². The van der Waals surface area contributed by atoms with E-state index in [1.54, 1.807) is 13.3 Å². The zero-order chi connectivity index (χ0) is 12.7. The van der Waals surface area contributed by atoms with Crippen molar-refractivity contribution in [2.24, 2.45) is 4.99 Å². The number of carbonyl (C=O) groups excluding carboxylic acids is 1. The SMILES string of the molecule is CCC(N=Cc1ccc(OC)cc1)C(=O)OC. The molecule has 0 amide bonds. The molecule has 0 saturated heterocycles. The molecule has 4 nitrogen and oxygen atoms in total. The van der Waals surface area contributed by atoms with E-state index in [0.29, 0.717) is 6.42 Å². The highest BCUT2D eigenvalue weighted by atomic mass is 16.5. The van der Waals surface area contributed by atoms with Gasteiger partial charge in [-0.25, -0.2) is 4.79 Å². The summed E-state index contributed by atoms with van der Waals surface area (Å²) in [5.41, 5.74) is 0.924. The molecule has 4 heteroatoms. The van der Waals surface area contributed by atoms with Crippen molar-refractivity contribution in [2.45, 2.75) is 19.4 Å². The van der Waals surface area contributed by atoms with E-state index in [1.807, 2.05) is 31.2 Å². The fourth-order valence-corrected chi connectivity index (χ4v) is 1.33. The Balaban J connectivity index is 2.71. The highest BCUT2D eigenvalue weighted by Crippen LogP contribution is 2.10. The van der Waals surface area contributed by atoms with E-state index < -0.39 is 6.04 Å². The van der Waals surface area contributed by atoms with Gasteiger partial charge in [0.05, 0.1) is 14.2 Å². The van der Waals surface area contributed by atoms with Gasteiger partial charge in [-0.1, -0.05) is 6.92 Å². The van der Waals surface area contributed by atoms with E-state index in [2.05, 4.69) is 9.73 Å². The largest absolute Gasteiger partial charge is 0.497 e. The molecule has 0 heterocycles. The minimum absolute atomic E-state index is 0.308. The summed E-state index contributed by atoms with van der Waals surface area (Å²) in [6.07, 6.45) is 2.30. The molecule has 0 N–H and O–H groups in total. The van der Waals surface area contributed by atoms with Crippen molar-refractivity contribution in [3.05, 3.63) is 29.8 Å². The molecule has 0 spiro atoms. The smallest absolute Gasteiger partial charge is 0.330 e. The Hall–Kier alpha value is -1.84. The molecule has 1 aromatic carbocycles. The van der Waals surface area contributed by atoms with E-state index >= 15 is 0 Å². The van der Waals surface area contributed by atoms with Gasteiger partial charge in [0.25, 0.3) is 0 Å². The summed E-state index contributed by atoms with van der Waals surface area (Å²) >= 11 is 0. The van der Waals surface area contributed by atoms with Gasteiger partial charge in [-0.15, -0.1) is 0 Å². The Morgan fingerprint density at radius 2 is 2.00 bits per heavy atom. The van der Waals surface area contributed by atoms with Gasteiger partial charge >= 0.3 is 5.97 Å². The standard InChI is InChI=1S/C13H17NO3/c1-4-12(13(15)17-3)14-9-10-5-7-11(16-2)8-6-10/h5-9,12H,4H2,1-3H3. The number of methoxy groups -OCH3 is 2. The van der Waals surface area contributed by atoms with Crippen molar-refractivity contribution >= 4 is 12.2 Å². The van der Waals surface area contributed by atoms with Crippen LogP contribution in [0.2, 0.25) is 0 Å². The molecule has 0 aliphatic heterocycles. The van der Waals surface area contributed by atoms with Gasteiger partial charge in [0, 0.05) is 6.21 Å². The number of rotatable bonds is 5. The summed E-state index contributed by atoms with van der Waals surface area (Å²) in [5, 5.41) is 0. The predicted octanol–water partition coefficient (Wildman–Crippen LogP) is 2.07. The van der Waals surface area contributed by atoms with E-state index in [1.165, 1.54) is 7.11 Å². The normalized spacial score (nSPS) is 12.4. The topological polar surface area (TPSA) is 47.9 Å². The molecule has 92 valence electrons. The van der Waals surface area contributed by atoms with Crippen LogP contribution in [0.3, 0.4) is 0 Å². The zero-order valence-electron chi connectivity index (χ0n) is 10.3. The number of esters is 1. The lowest BCUT2D eigenvalue weighted by Gasteiger charge is -2.06. The summed E-state index contributed by atoms with van der Waals surface area (Å²) in [4.78, 5) is 15.5. The van der Waals surface area contributed by atoms with E-state index in [0.717, 1.165) is 11.3 Å². The van der Waals surface area contributed by atoms with Gasteiger partial charge in [0.2, 0.25) is 0 Å². The maximum absolute atomic E-state index is 11.3. The molecule has 0 bridgehead atoms. The second-order valence-electron chi connectivity index (χ2n) is 3.50. The first-order valence-electron chi connectivity index (χ1n) is 5.46. The molecular formula is C13H17NO3. The number of nitrogens with zero attached hydrogens (tertiary/aromatic N) is 1. The number of hydrogen-bond donors (Lipinski definition) is 0. The summed E-state index contributed by atoms with van der Waals surface area (Å²) in [5.74, 6) is 0.486. The Bertz CT molecular complexity index is 384. The molecular weight excluding hydrogens is 218 g/mol. The fourth-order valence-electron chi connectivity index (χ4n) is 1.33. The summed E-state index contributed by atoms with van der Waals surface area (Å²) in [6, 6.07) is 7.03. The maximum atomic E-state index is 11.3. The van der Waals surface area contributed by atoms with Crippen molar-refractivity contribution in [1.82, 2.24) is 0 Å². The number of aliphatic imine (C=N–C) groups is 1. The summed E-state index contributed by atoms with van der Waals surface area (Å²) < 4.78 is 9.71. The number of carbonyl (C=O) groups is 1. The van der Waals surface area contributed by atoms with Crippen LogP contribution in [0.5, 0.6) is 5.75 Å². The second kappa shape index (κ2) is 6.68. The fraction of sp³-hybridized carbons (Fsp3) is 0.385.